The number of piperazine rings is 1. The average Bonchev–Trinajstić information content (AvgIpc) is 2.82. The molecule has 1 fully saturated rings. The van der Waals surface area contributed by atoms with Crippen molar-refractivity contribution in [3.05, 3.63) is 45.8 Å². The molecule has 1 aromatic carbocycles. The summed E-state index contributed by atoms with van der Waals surface area (Å²) in [7, 11) is 3.82. The summed E-state index contributed by atoms with van der Waals surface area (Å²) in [5, 5.41) is 4.47. The van der Waals surface area contributed by atoms with Crippen LogP contribution in [0.15, 0.2) is 35.3 Å². The largest absolute Gasteiger partial charge is 0.480 e. The van der Waals surface area contributed by atoms with E-state index < -0.39 is 0 Å². The summed E-state index contributed by atoms with van der Waals surface area (Å²) >= 11 is 6.41. The predicted molar refractivity (Wildman–Crippen MR) is 135 cm³/mol. The van der Waals surface area contributed by atoms with E-state index in [-0.39, 0.29) is 23.7 Å². The van der Waals surface area contributed by atoms with Crippen LogP contribution in [0.25, 0.3) is 10.9 Å². The zero-order chi connectivity index (χ0) is 24.4. The summed E-state index contributed by atoms with van der Waals surface area (Å²) in [5.41, 5.74) is 1.19. The van der Waals surface area contributed by atoms with Gasteiger partial charge in [0.05, 0.1) is 11.7 Å². The number of aryl methyl sites for hydroxylation is 1. The lowest BCUT2D eigenvalue weighted by Gasteiger charge is -2.39. The van der Waals surface area contributed by atoms with Crippen LogP contribution in [0, 0.1) is 0 Å². The summed E-state index contributed by atoms with van der Waals surface area (Å²) in [6.45, 7) is 6.11. The number of nitrogens with one attached hydrogen (secondary N) is 1. The Kier molecular flexibility index (Phi) is 7.04. The van der Waals surface area contributed by atoms with E-state index in [2.05, 4.69) is 34.1 Å². The van der Waals surface area contributed by atoms with Gasteiger partial charge >= 0.3 is 0 Å². The van der Waals surface area contributed by atoms with Crippen LogP contribution in [0.2, 0.25) is 5.02 Å². The zero-order valence-electron chi connectivity index (χ0n) is 19.8. The van der Waals surface area contributed by atoms with Gasteiger partial charge in [0.25, 0.3) is 5.56 Å². The molecule has 1 aliphatic rings. The second kappa shape index (κ2) is 9.99. The Balaban J connectivity index is 1.62. The molecule has 0 radical (unpaired) electrons. The molecule has 1 N–H and O–H groups in total. The summed E-state index contributed by atoms with van der Waals surface area (Å²) in [4.78, 5) is 37.5. The van der Waals surface area contributed by atoms with E-state index in [9.17, 15) is 9.59 Å². The Morgan fingerprint density at radius 3 is 2.79 bits per heavy atom. The number of fused-ring (bicyclic) bond motifs is 1. The smallest absolute Gasteiger partial charge is 0.293 e. The molecule has 9 nitrogen and oxygen atoms in total. The maximum Gasteiger partial charge on any atom is 0.293 e. The van der Waals surface area contributed by atoms with Gasteiger partial charge in [-0.3, -0.25) is 14.5 Å². The van der Waals surface area contributed by atoms with Gasteiger partial charge in [-0.1, -0.05) is 18.5 Å². The van der Waals surface area contributed by atoms with Crippen LogP contribution in [0.3, 0.4) is 0 Å². The fourth-order valence-corrected chi connectivity index (χ4v) is 4.26. The third-order valence-electron chi connectivity index (χ3n) is 6.15. The van der Waals surface area contributed by atoms with Gasteiger partial charge in [-0.05, 0) is 44.7 Å². The van der Waals surface area contributed by atoms with E-state index in [1.807, 2.05) is 18.2 Å². The van der Waals surface area contributed by atoms with Crippen molar-refractivity contribution >= 4 is 45.7 Å². The van der Waals surface area contributed by atoms with Gasteiger partial charge in [-0.2, -0.15) is 4.98 Å². The minimum atomic E-state index is -0.296. The Bertz CT molecular complexity index is 1280. The van der Waals surface area contributed by atoms with Crippen LogP contribution in [-0.2, 0) is 11.8 Å². The molecular weight excluding hydrogens is 456 g/mol. The number of aromatic nitrogens is 3. The molecule has 2 aromatic heterocycles. The average molecular weight is 485 g/mol. The van der Waals surface area contributed by atoms with Gasteiger partial charge in [0.1, 0.15) is 11.6 Å². The van der Waals surface area contributed by atoms with E-state index in [1.54, 1.807) is 19.3 Å². The highest BCUT2D eigenvalue weighted by Crippen LogP contribution is 2.28. The number of likely N-dealkylation sites (N-methyl/N-ethyl adjacent to an activating group) is 1. The second-order valence-corrected chi connectivity index (χ2v) is 9.02. The van der Waals surface area contributed by atoms with Crippen molar-refractivity contribution in [1.29, 1.82) is 0 Å². The molecule has 1 atom stereocenters. The number of benzene rings is 1. The topological polar surface area (TPSA) is 92.6 Å². The molecule has 4 rings (SSSR count). The Hall–Kier alpha value is -3.17. The van der Waals surface area contributed by atoms with Crippen LogP contribution in [0.1, 0.15) is 20.3 Å². The number of anilines is 3. The summed E-state index contributed by atoms with van der Waals surface area (Å²) < 4.78 is 6.92. The lowest BCUT2D eigenvalue weighted by Crippen LogP contribution is -2.51. The lowest BCUT2D eigenvalue weighted by molar-refractivity contribution is -0.118. The normalized spacial score (nSPS) is 16.6. The van der Waals surface area contributed by atoms with Crippen molar-refractivity contribution in [3.63, 3.8) is 0 Å². The van der Waals surface area contributed by atoms with Crippen molar-refractivity contribution in [2.45, 2.75) is 26.3 Å². The number of hydrogen-bond acceptors (Lipinski definition) is 8. The molecule has 0 aliphatic carbocycles. The number of ether oxygens (including phenoxy) is 1. The molecule has 0 spiro atoms. The number of carbonyl (C=O) groups excluding carboxylic acids is 1. The Morgan fingerprint density at radius 2 is 2.06 bits per heavy atom. The van der Waals surface area contributed by atoms with Crippen molar-refractivity contribution in [3.8, 4) is 5.75 Å². The second-order valence-electron chi connectivity index (χ2n) is 8.62. The van der Waals surface area contributed by atoms with Gasteiger partial charge < -0.3 is 19.5 Å². The molecule has 180 valence electrons. The van der Waals surface area contributed by atoms with E-state index in [0.717, 1.165) is 42.6 Å². The molecule has 0 amide bonds. The van der Waals surface area contributed by atoms with Crippen LogP contribution in [-0.4, -0.2) is 64.5 Å². The highest BCUT2D eigenvalue weighted by atomic mass is 35.5. The van der Waals surface area contributed by atoms with Gasteiger partial charge in [0.15, 0.2) is 17.4 Å². The van der Waals surface area contributed by atoms with Crippen molar-refractivity contribution in [1.82, 2.24) is 19.4 Å². The molecule has 3 heterocycles. The molecule has 1 unspecified atom stereocenters. The lowest BCUT2D eigenvalue weighted by atomic mass is 10.1. The third kappa shape index (κ3) is 5.00. The minimum absolute atomic E-state index is 0.130. The monoisotopic (exact) mass is 484 g/mol. The molecule has 10 heteroatoms. The first-order chi connectivity index (χ1) is 16.3. The highest BCUT2D eigenvalue weighted by molar-refractivity contribution is 6.32. The zero-order valence-corrected chi connectivity index (χ0v) is 20.6. The minimum Gasteiger partial charge on any atom is -0.480 e. The van der Waals surface area contributed by atoms with E-state index in [1.165, 1.54) is 11.5 Å². The molecule has 34 heavy (non-hydrogen) atoms. The van der Waals surface area contributed by atoms with Crippen molar-refractivity contribution < 1.29 is 9.53 Å². The predicted octanol–water partition coefficient (Wildman–Crippen LogP) is 3.22. The number of ketones is 1. The number of hydrogen-bond donors (Lipinski definition) is 1. The summed E-state index contributed by atoms with van der Waals surface area (Å²) in [6.07, 6.45) is 2.67. The summed E-state index contributed by atoms with van der Waals surface area (Å²) in [6, 6.07) is 7.69. The third-order valence-corrected chi connectivity index (χ3v) is 6.42. The number of Topliss-reactive ketones (excluding diaryl/α,β-unsaturated/α-hetero) is 1. The van der Waals surface area contributed by atoms with Gasteiger partial charge in [-0.25, -0.2) is 4.98 Å². The number of pyridine rings is 1. The summed E-state index contributed by atoms with van der Waals surface area (Å²) in [5.74, 6) is 1.13. The van der Waals surface area contributed by atoms with Gasteiger partial charge in [0.2, 0.25) is 5.95 Å². The molecule has 1 aliphatic heterocycles. The molecule has 3 aromatic rings. The highest BCUT2D eigenvalue weighted by Gasteiger charge is 2.25. The van der Waals surface area contributed by atoms with Crippen LogP contribution < -0.4 is 20.5 Å². The van der Waals surface area contributed by atoms with Crippen LogP contribution in [0.4, 0.5) is 17.5 Å². The Morgan fingerprint density at radius 1 is 1.26 bits per heavy atom. The fraction of sp³-hybridized carbons (Fsp3) is 0.417. The number of rotatable bonds is 7. The maximum absolute atomic E-state index is 12.5. The molecule has 1 saturated heterocycles. The molecular formula is C24H29ClN6O3. The van der Waals surface area contributed by atoms with Gasteiger partial charge in [-0.15, -0.1) is 0 Å². The van der Waals surface area contributed by atoms with E-state index >= 15 is 0 Å². The first-order valence-corrected chi connectivity index (χ1v) is 11.7. The fourth-order valence-electron chi connectivity index (χ4n) is 4.12. The number of carbonyl (C=O) groups is 1. The van der Waals surface area contributed by atoms with Crippen LogP contribution >= 0.6 is 11.6 Å². The first-order valence-electron chi connectivity index (χ1n) is 11.3. The molecule has 0 saturated carbocycles. The standard InChI is InChI=1S/C24H29ClN6O3/c1-5-18-13-31(9-8-29(18)3)24-26-12-19(25)22(28-24)27-17-6-7-20-16(10-17)11-21(23(33)30(20)4)34-14-15(2)32/h6-7,10-12,18H,5,8-9,13-14H2,1-4H3,(H,26,27,28). The first kappa shape index (κ1) is 24.0. The molecule has 0 bridgehead atoms. The van der Waals surface area contributed by atoms with E-state index in [0.29, 0.717) is 22.8 Å². The number of nitrogens with zero attached hydrogens (tertiary/aromatic N) is 5. The SMILES string of the molecule is CCC1CN(c2ncc(Cl)c(Nc3ccc4c(c3)cc(OCC(C)=O)c(=O)n4C)n2)CCN1C. The van der Waals surface area contributed by atoms with Crippen LogP contribution in [0.5, 0.6) is 5.75 Å². The van der Waals surface area contributed by atoms with Crippen molar-refractivity contribution in [2.24, 2.45) is 7.05 Å². The Labute approximate surface area is 203 Å². The number of halogens is 1. The maximum atomic E-state index is 12.5. The van der Waals surface area contributed by atoms with E-state index in [4.69, 9.17) is 21.3 Å². The van der Waals surface area contributed by atoms with Gasteiger partial charge in [0, 0.05) is 43.8 Å². The quantitative estimate of drug-likeness (QED) is 0.546. The van der Waals surface area contributed by atoms with Crippen molar-refractivity contribution in [2.75, 3.05) is 43.5 Å².